The molecule has 0 saturated carbocycles. The molecule has 0 saturated heterocycles. The summed E-state index contributed by atoms with van der Waals surface area (Å²) in [4.78, 5) is 42.5. The van der Waals surface area contributed by atoms with Gasteiger partial charge in [0.15, 0.2) is 0 Å². The molecule has 0 bridgehead atoms. The SMILES string of the molecule is O=CCc1nc(CC=O)nc(CC=O)n1. The first-order valence-corrected chi connectivity index (χ1v) is 4.33. The monoisotopic (exact) mass is 207 g/mol. The average molecular weight is 207 g/mol. The van der Waals surface area contributed by atoms with E-state index in [0.717, 1.165) is 0 Å². The van der Waals surface area contributed by atoms with E-state index in [-0.39, 0.29) is 36.7 Å². The summed E-state index contributed by atoms with van der Waals surface area (Å²) in [5, 5.41) is 0. The predicted molar refractivity (Wildman–Crippen MR) is 49.1 cm³/mol. The van der Waals surface area contributed by atoms with E-state index < -0.39 is 0 Å². The Morgan fingerprint density at radius 1 is 0.667 bits per heavy atom. The van der Waals surface area contributed by atoms with Gasteiger partial charge in [0.05, 0.1) is 19.3 Å². The van der Waals surface area contributed by atoms with Gasteiger partial charge in [0.2, 0.25) is 0 Å². The fourth-order valence-electron chi connectivity index (χ4n) is 1.02. The van der Waals surface area contributed by atoms with Crippen LogP contribution in [0.15, 0.2) is 0 Å². The summed E-state index contributed by atoms with van der Waals surface area (Å²) in [6, 6.07) is 0. The first-order valence-electron chi connectivity index (χ1n) is 4.33. The largest absolute Gasteiger partial charge is 0.303 e. The van der Waals surface area contributed by atoms with Crippen molar-refractivity contribution in [3.63, 3.8) is 0 Å². The highest BCUT2D eigenvalue weighted by Crippen LogP contribution is 1.97. The van der Waals surface area contributed by atoms with Crippen LogP contribution < -0.4 is 0 Å². The molecule has 0 aromatic carbocycles. The smallest absolute Gasteiger partial charge is 0.139 e. The second-order valence-electron chi connectivity index (χ2n) is 2.70. The van der Waals surface area contributed by atoms with Gasteiger partial charge in [-0.3, -0.25) is 0 Å². The molecule has 0 N–H and O–H groups in total. The highest BCUT2D eigenvalue weighted by molar-refractivity contribution is 5.55. The molecule has 0 radical (unpaired) electrons. The summed E-state index contributed by atoms with van der Waals surface area (Å²) < 4.78 is 0. The molecule has 0 atom stereocenters. The molecule has 1 heterocycles. The van der Waals surface area contributed by atoms with Crippen LogP contribution in [0, 0.1) is 0 Å². The number of hydrogen-bond acceptors (Lipinski definition) is 6. The Labute approximate surface area is 85.8 Å². The minimum absolute atomic E-state index is 0.0558. The van der Waals surface area contributed by atoms with Crippen LogP contribution in [0.1, 0.15) is 17.5 Å². The van der Waals surface area contributed by atoms with Crippen LogP contribution in [0.5, 0.6) is 0 Å². The van der Waals surface area contributed by atoms with Crippen molar-refractivity contribution in [1.29, 1.82) is 0 Å². The third kappa shape index (κ3) is 3.34. The molecule has 78 valence electrons. The molecule has 1 rings (SSSR count). The molecule has 0 spiro atoms. The zero-order chi connectivity index (χ0) is 11.1. The minimum atomic E-state index is 0.0558. The quantitative estimate of drug-likeness (QED) is 0.561. The standard InChI is InChI=1S/C9H9N3O3/c13-4-1-7-10-8(2-5-14)12-9(11-7)3-6-15/h4-6H,1-3H2. The lowest BCUT2D eigenvalue weighted by atomic mass is 10.3. The predicted octanol–water partition coefficient (Wildman–Crippen LogP) is -0.904. The first kappa shape index (κ1) is 11.1. The molecule has 0 fully saturated rings. The zero-order valence-corrected chi connectivity index (χ0v) is 7.92. The number of nitrogens with zero attached hydrogens (tertiary/aromatic N) is 3. The lowest BCUT2D eigenvalue weighted by Gasteiger charge is -2.00. The van der Waals surface area contributed by atoms with E-state index in [9.17, 15) is 14.4 Å². The fraction of sp³-hybridized carbons (Fsp3) is 0.333. The van der Waals surface area contributed by atoms with Crippen molar-refractivity contribution in [2.24, 2.45) is 0 Å². The number of rotatable bonds is 6. The average Bonchev–Trinajstić information content (AvgIpc) is 2.19. The molecule has 6 heteroatoms. The third-order valence-electron chi connectivity index (χ3n) is 1.57. The van der Waals surface area contributed by atoms with E-state index in [0.29, 0.717) is 18.9 Å². The van der Waals surface area contributed by atoms with E-state index in [2.05, 4.69) is 15.0 Å². The van der Waals surface area contributed by atoms with Crippen molar-refractivity contribution in [2.45, 2.75) is 19.3 Å². The van der Waals surface area contributed by atoms with Gasteiger partial charge in [-0.15, -0.1) is 0 Å². The van der Waals surface area contributed by atoms with Crippen molar-refractivity contribution in [3.05, 3.63) is 17.5 Å². The molecule has 1 aromatic rings. The highest BCUT2D eigenvalue weighted by Gasteiger charge is 2.05. The Hall–Kier alpha value is -1.98. The minimum Gasteiger partial charge on any atom is -0.303 e. The summed E-state index contributed by atoms with van der Waals surface area (Å²) in [6.45, 7) is 0. The summed E-state index contributed by atoms with van der Waals surface area (Å²) in [6.07, 6.45) is 2.14. The molecule has 1 aromatic heterocycles. The normalized spacial score (nSPS) is 9.60. The Bertz CT molecular complexity index is 309. The van der Waals surface area contributed by atoms with Crippen molar-refractivity contribution in [3.8, 4) is 0 Å². The van der Waals surface area contributed by atoms with E-state index in [4.69, 9.17) is 0 Å². The number of aldehydes is 3. The highest BCUT2D eigenvalue weighted by atomic mass is 16.1. The van der Waals surface area contributed by atoms with Crippen LogP contribution in [0.25, 0.3) is 0 Å². The van der Waals surface area contributed by atoms with Crippen LogP contribution >= 0.6 is 0 Å². The zero-order valence-electron chi connectivity index (χ0n) is 7.92. The number of carbonyl (C=O) groups is 3. The van der Waals surface area contributed by atoms with Gasteiger partial charge in [-0.25, -0.2) is 15.0 Å². The van der Waals surface area contributed by atoms with Gasteiger partial charge >= 0.3 is 0 Å². The second-order valence-corrected chi connectivity index (χ2v) is 2.70. The van der Waals surface area contributed by atoms with Crippen LogP contribution in [0.3, 0.4) is 0 Å². The molecule has 0 unspecified atom stereocenters. The summed E-state index contributed by atoms with van der Waals surface area (Å²) in [5.74, 6) is 0.858. The number of aromatic nitrogens is 3. The summed E-state index contributed by atoms with van der Waals surface area (Å²) >= 11 is 0. The molecular formula is C9H9N3O3. The van der Waals surface area contributed by atoms with Gasteiger partial charge in [0.25, 0.3) is 0 Å². The molecule has 15 heavy (non-hydrogen) atoms. The number of hydrogen-bond donors (Lipinski definition) is 0. The molecule has 0 aliphatic rings. The molecule has 6 nitrogen and oxygen atoms in total. The van der Waals surface area contributed by atoms with Gasteiger partial charge < -0.3 is 14.4 Å². The summed E-state index contributed by atoms with van der Waals surface area (Å²) in [5.41, 5.74) is 0. The van der Waals surface area contributed by atoms with Gasteiger partial charge in [0.1, 0.15) is 36.3 Å². The third-order valence-corrected chi connectivity index (χ3v) is 1.57. The van der Waals surface area contributed by atoms with Gasteiger partial charge in [0, 0.05) is 0 Å². The van der Waals surface area contributed by atoms with E-state index in [1.165, 1.54) is 0 Å². The van der Waals surface area contributed by atoms with Crippen molar-refractivity contribution in [1.82, 2.24) is 15.0 Å². The van der Waals surface area contributed by atoms with Crippen molar-refractivity contribution < 1.29 is 14.4 Å². The maximum atomic E-state index is 10.3. The molecule has 0 amide bonds. The fourth-order valence-corrected chi connectivity index (χ4v) is 1.02. The van der Waals surface area contributed by atoms with Gasteiger partial charge in [-0.05, 0) is 0 Å². The van der Waals surface area contributed by atoms with E-state index in [1.54, 1.807) is 0 Å². The maximum Gasteiger partial charge on any atom is 0.139 e. The lowest BCUT2D eigenvalue weighted by Crippen LogP contribution is -2.09. The van der Waals surface area contributed by atoms with Crippen molar-refractivity contribution >= 4 is 18.9 Å². The lowest BCUT2D eigenvalue weighted by molar-refractivity contribution is -0.108. The number of carbonyl (C=O) groups excluding carboxylic acids is 3. The molecule has 0 aliphatic heterocycles. The molecular weight excluding hydrogens is 198 g/mol. The first-order chi connectivity index (χ1) is 7.30. The van der Waals surface area contributed by atoms with E-state index >= 15 is 0 Å². The molecule has 0 aliphatic carbocycles. The van der Waals surface area contributed by atoms with Crippen LogP contribution in [0.4, 0.5) is 0 Å². The summed E-state index contributed by atoms with van der Waals surface area (Å²) in [7, 11) is 0. The van der Waals surface area contributed by atoms with Gasteiger partial charge in [-0.1, -0.05) is 0 Å². The topological polar surface area (TPSA) is 89.9 Å². The maximum absolute atomic E-state index is 10.3. The van der Waals surface area contributed by atoms with Crippen LogP contribution in [-0.2, 0) is 33.6 Å². The van der Waals surface area contributed by atoms with Crippen LogP contribution in [-0.4, -0.2) is 33.8 Å². The Morgan fingerprint density at radius 2 is 0.933 bits per heavy atom. The van der Waals surface area contributed by atoms with Crippen LogP contribution in [0.2, 0.25) is 0 Å². The van der Waals surface area contributed by atoms with Crippen molar-refractivity contribution in [2.75, 3.05) is 0 Å². The second kappa shape index (κ2) is 5.69. The van der Waals surface area contributed by atoms with Gasteiger partial charge in [-0.2, -0.15) is 0 Å². The Morgan fingerprint density at radius 3 is 1.13 bits per heavy atom. The van der Waals surface area contributed by atoms with E-state index in [1.807, 2.05) is 0 Å². The Balaban J connectivity index is 3.00. The Kier molecular flexibility index (Phi) is 4.21.